The van der Waals surface area contributed by atoms with E-state index in [2.05, 4.69) is 117 Å². The van der Waals surface area contributed by atoms with Crippen molar-refractivity contribution in [1.82, 2.24) is 18.9 Å². The molecule has 0 aliphatic carbocycles. The molecule has 37 heavy (non-hydrogen) atoms. The molecule has 0 atom stereocenters. The number of pyridine rings is 1. The van der Waals surface area contributed by atoms with Crippen LogP contribution in [0.4, 0.5) is 0 Å². The van der Waals surface area contributed by atoms with Crippen LogP contribution >= 0.6 is 0 Å². The van der Waals surface area contributed by atoms with Gasteiger partial charge in [-0.1, -0.05) is 77.9 Å². The summed E-state index contributed by atoms with van der Waals surface area (Å²) < 4.78 is 4.41. The van der Waals surface area contributed by atoms with E-state index in [1.165, 1.54) is 27.8 Å². The standard InChI is InChI=1S/C33H34N4/c1-20(2)24-17-25(21(3)4)32(26(18-24)22(5)6)23-15-16-31(34-19-23)37-30-14-10-9-13-29(30)36-28-12-8-7-11-27(28)35-33(36)37/h7-22H,1-6H3. The quantitative estimate of drug-likeness (QED) is 0.244. The van der Waals surface area contributed by atoms with Crippen LogP contribution in [0.25, 0.3) is 44.8 Å². The number of imidazole rings is 2. The lowest BCUT2D eigenvalue weighted by molar-refractivity contribution is 0.807. The molecule has 4 nitrogen and oxygen atoms in total. The van der Waals surface area contributed by atoms with Crippen molar-refractivity contribution in [3.8, 4) is 16.9 Å². The van der Waals surface area contributed by atoms with Crippen molar-refractivity contribution in [1.29, 1.82) is 0 Å². The van der Waals surface area contributed by atoms with E-state index >= 15 is 0 Å². The van der Waals surface area contributed by atoms with Gasteiger partial charge in [0.25, 0.3) is 0 Å². The van der Waals surface area contributed by atoms with Crippen LogP contribution in [0.5, 0.6) is 0 Å². The van der Waals surface area contributed by atoms with E-state index in [1.54, 1.807) is 0 Å². The molecule has 0 amide bonds. The maximum atomic E-state index is 5.04. The number of hydrogen-bond donors (Lipinski definition) is 0. The summed E-state index contributed by atoms with van der Waals surface area (Å²) in [7, 11) is 0. The van der Waals surface area contributed by atoms with Gasteiger partial charge in [0.2, 0.25) is 5.78 Å². The first-order chi connectivity index (χ1) is 17.8. The zero-order valence-electron chi connectivity index (χ0n) is 22.5. The SMILES string of the molecule is CC(C)c1cc(C(C)C)c(-c2ccc(-n3c4ccccc4n4c5ccccc5nc34)nc2)c(C(C)C)c1. The van der Waals surface area contributed by atoms with E-state index in [9.17, 15) is 0 Å². The Bertz CT molecular complexity index is 1720. The lowest BCUT2D eigenvalue weighted by Crippen LogP contribution is -2.04. The maximum absolute atomic E-state index is 5.04. The summed E-state index contributed by atoms with van der Waals surface area (Å²) in [5.41, 5.74) is 11.0. The summed E-state index contributed by atoms with van der Waals surface area (Å²) in [5.74, 6) is 3.11. The van der Waals surface area contributed by atoms with Crippen molar-refractivity contribution in [3.05, 3.63) is 95.7 Å². The lowest BCUT2D eigenvalue weighted by atomic mass is 9.82. The van der Waals surface area contributed by atoms with Crippen LogP contribution in [0.3, 0.4) is 0 Å². The molecule has 0 saturated heterocycles. The number of para-hydroxylation sites is 4. The Morgan fingerprint density at radius 3 is 1.86 bits per heavy atom. The van der Waals surface area contributed by atoms with Crippen molar-refractivity contribution < 1.29 is 0 Å². The summed E-state index contributed by atoms with van der Waals surface area (Å²) in [6, 6.07) is 26.0. The molecule has 3 aromatic carbocycles. The molecule has 0 N–H and O–H groups in total. The van der Waals surface area contributed by atoms with E-state index in [-0.39, 0.29) is 0 Å². The number of rotatable bonds is 5. The third-order valence-corrected chi connectivity index (χ3v) is 7.50. The molecule has 6 aromatic rings. The van der Waals surface area contributed by atoms with Gasteiger partial charge < -0.3 is 0 Å². The minimum atomic E-state index is 0.427. The predicted octanol–water partition coefficient (Wildman–Crippen LogP) is 8.86. The molecule has 0 saturated carbocycles. The van der Waals surface area contributed by atoms with Crippen LogP contribution in [-0.4, -0.2) is 18.9 Å². The van der Waals surface area contributed by atoms with E-state index in [0.29, 0.717) is 17.8 Å². The fourth-order valence-corrected chi connectivity index (χ4v) is 5.53. The van der Waals surface area contributed by atoms with Crippen molar-refractivity contribution in [2.45, 2.75) is 59.3 Å². The molecule has 3 heterocycles. The second kappa shape index (κ2) is 8.88. The second-order valence-electron chi connectivity index (χ2n) is 11.0. The third kappa shape index (κ3) is 3.74. The predicted molar refractivity (Wildman–Crippen MR) is 155 cm³/mol. The molecule has 3 aromatic heterocycles. The summed E-state index contributed by atoms with van der Waals surface area (Å²) in [6.07, 6.45) is 2.05. The van der Waals surface area contributed by atoms with Gasteiger partial charge in [0, 0.05) is 11.8 Å². The van der Waals surface area contributed by atoms with Gasteiger partial charge in [-0.2, -0.15) is 0 Å². The van der Waals surface area contributed by atoms with Gasteiger partial charge in [0.1, 0.15) is 5.82 Å². The van der Waals surface area contributed by atoms with Gasteiger partial charge in [0.05, 0.1) is 22.1 Å². The number of fused-ring (bicyclic) bond motifs is 5. The van der Waals surface area contributed by atoms with Gasteiger partial charge in [0.15, 0.2) is 0 Å². The minimum Gasteiger partial charge on any atom is -0.276 e. The van der Waals surface area contributed by atoms with Gasteiger partial charge in [-0.15, -0.1) is 0 Å². The Hall–Kier alpha value is -3.92. The fraction of sp³-hybridized carbons (Fsp3) is 0.273. The fourth-order valence-electron chi connectivity index (χ4n) is 5.53. The van der Waals surface area contributed by atoms with Crippen LogP contribution in [-0.2, 0) is 0 Å². The second-order valence-corrected chi connectivity index (χ2v) is 11.0. The molecule has 0 unspecified atom stereocenters. The first-order valence-electron chi connectivity index (χ1n) is 13.4. The van der Waals surface area contributed by atoms with E-state index in [1.807, 2.05) is 12.3 Å². The van der Waals surface area contributed by atoms with Gasteiger partial charge in [-0.3, -0.25) is 8.97 Å². The van der Waals surface area contributed by atoms with Crippen LogP contribution in [0.15, 0.2) is 79.0 Å². The smallest absolute Gasteiger partial charge is 0.221 e. The lowest BCUT2D eigenvalue weighted by Gasteiger charge is -2.23. The molecule has 4 heteroatoms. The third-order valence-electron chi connectivity index (χ3n) is 7.50. The normalized spacial score (nSPS) is 12.2. The van der Waals surface area contributed by atoms with E-state index in [0.717, 1.165) is 33.7 Å². The number of hydrogen-bond acceptors (Lipinski definition) is 2. The summed E-state index contributed by atoms with van der Waals surface area (Å²) in [5, 5.41) is 0. The first kappa shape index (κ1) is 23.5. The largest absolute Gasteiger partial charge is 0.276 e. The zero-order chi connectivity index (χ0) is 25.8. The number of benzene rings is 3. The maximum Gasteiger partial charge on any atom is 0.221 e. The highest BCUT2D eigenvalue weighted by Crippen LogP contribution is 2.39. The van der Waals surface area contributed by atoms with Crippen molar-refractivity contribution in [2.75, 3.05) is 0 Å². The van der Waals surface area contributed by atoms with Crippen LogP contribution in [0.1, 0.15) is 76.0 Å². The highest BCUT2D eigenvalue weighted by atomic mass is 15.2. The zero-order valence-corrected chi connectivity index (χ0v) is 22.5. The molecule has 0 aliphatic rings. The molecule has 0 fully saturated rings. The van der Waals surface area contributed by atoms with Gasteiger partial charge >= 0.3 is 0 Å². The minimum absolute atomic E-state index is 0.427. The van der Waals surface area contributed by atoms with E-state index < -0.39 is 0 Å². The molecule has 0 bridgehead atoms. The number of aromatic nitrogens is 4. The highest BCUT2D eigenvalue weighted by Gasteiger charge is 2.20. The van der Waals surface area contributed by atoms with Crippen LogP contribution < -0.4 is 0 Å². The molecule has 0 radical (unpaired) electrons. The van der Waals surface area contributed by atoms with Crippen molar-refractivity contribution in [3.63, 3.8) is 0 Å². The van der Waals surface area contributed by atoms with Crippen molar-refractivity contribution in [2.24, 2.45) is 0 Å². The molecule has 0 aliphatic heterocycles. The molecule has 6 rings (SSSR count). The molecule has 0 spiro atoms. The first-order valence-corrected chi connectivity index (χ1v) is 13.4. The monoisotopic (exact) mass is 486 g/mol. The average Bonchev–Trinajstić information content (AvgIpc) is 3.42. The Balaban J connectivity index is 1.56. The van der Waals surface area contributed by atoms with Crippen LogP contribution in [0, 0.1) is 0 Å². The Labute approximate surface area is 218 Å². The number of nitrogens with zero attached hydrogens (tertiary/aromatic N) is 4. The Morgan fingerprint density at radius 1 is 0.649 bits per heavy atom. The molecular weight excluding hydrogens is 452 g/mol. The van der Waals surface area contributed by atoms with Gasteiger partial charge in [-0.25, -0.2) is 9.97 Å². The van der Waals surface area contributed by atoms with Crippen LogP contribution in [0.2, 0.25) is 0 Å². The van der Waals surface area contributed by atoms with Crippen molar-refractivity contribution >= 4 is 27.8 Å². The molecular formula is C33H34N4. The average molecular weight is 487 g/mol. The Kier molecular flexibility index (Phi) is 5.63. The summed E-state index contributed by atoms with van der Waals surface area (Å²) in [6.45, 7) is 13.7. The highest BCUT2D eigenvalue weighted by molar-refractivity contribution is 5.91. The van der Waals surface area contributed by atoms with Gasteiger partial charge in [-0.05, 0) is 76.4 Å². The Morgan fingerprint density at radius 2 is 1.27 bits per heavy atom. The van der Waals surface area contributed by atoms with E-state index in [4.69, 9.17) is 9.97 Å². The summed E-state index contributed by atoms with van der Waals surface area (Å²) >= 11 is 0. The summed E-state index contributed by atoms with van der Waals surface area (Å²) in [4.78, 5) is 10.0. The molecule has 186 valence electrons. The topological polar surface area (TPSA) is 35.1 Å².